The largest absolute Gasteiger partial charge is 0.412 e. The molecule has 2 aromatic carbocycles. The van der Waals surface area contributed by atoms with Gasteiger partial charge in [0.2, 0.25) is 17.8 Å². The molecule has 2 aliphatic rings. The number of hydrogen-bond donors (Lipinski definition) is 5. The number of ketones is 1. The minimum Gasteiger partial charge on any atom is -0.412 e. The fourth-order valence-electron chi connectivity index (χ4n) is 5.09. The molecule has 0 unspecified atom stereocenters. The van der Waals surface area contributed by atoms with Crippen molar-refractivity contribution in [3.8, 4) is 0 Å². The number of piperidine rings is 1. The lowest BCUT2D eigenvalue weighted by atomic mass is 9.89. The number of amides is 1. The van der Waals surface area contributed by atoms with E-state index in [9.17, 15) is 9.59 Å². The number of Topliss-reactive ketones (excluding diaryl/α,β-unsaturated/α-hetero) is 1. The molecule has 0 spiro atoms. The third kappa shape index (κ3) is 10.7. The van der Waals surface area contributed by atoms with Gasteiger partial charge in [-0.2, -0.15) is 15.0 Å². The number of aromatic nitrogens is 3. The van der Waals surface area contributed by atoms with Gasteiger partial charge in [0.15, 0.2) is 5.78 Å². The molecular formula is C29H53Cl2N9O3. The zero-order valence-corrected chi connectivity index (χ0v) is 26.1. The Morgan fingerprint density at radius 2 is 1.49 bits per heavy atom. The van der Waals surface area contributed by atoms with Crippen LogP contribution in [0.3, 0.4) is 0 Å². The van der Waals surface area contributed by atoms with Crippen molar-refractivity contribution in [1.82, 2.24) is 33.4 Å². The molecule has 3 aromatic rings. The lowest BCUT2D eigenvalue weighted by molar-refractivity contribution is -0.115. The lowest BCUT2D eigenvalue weighted by Gasteiger charge is -2.28. The van der Waals surface area contributed by atoms with Crippen LogP contribution in [0.5, 0.6) is 0 Å². The maximum absolute atomic E-state index is 12.7. The van der Waals surface area contributed by atoms with Crippen LogP contribution in [0, 0.1) is 0 Å². The number of hydrogen-bond acceptors (Lipinski definition) is 10. The molecule has 0 radical (unpaired) electrons. The molecule has 246 valence electrons. The van der Waals surface area contributed by atoms with Crippen molar-refractivity contribution in [3.63, 3.8) is 0 Å². The number of benzene rings is 2. The Morgan fingerprint density at radius 1 is 0.860 bits per heavy atom. The van der Waals surface area contributed by atoms with Crippen LogP contribution >= 0.6 is 24.0 Å². The average molecular weight is 647 g/mol. The molecule has 1 saturated carbocycles. The second-order valence-electron chi connectivity index (χ2n) is 10.0. The highest BCUT2D eigenvalue weighted by Gasteiger charge is 2.23. The van der Waals surface area contributed by atoms with E-state index in [-0.39, 0.29) is 54.2 Å². The lowest BCUT2D eigenvalue weighted by Crippen LogP contribution is -2.31. The summed E-state index contributed by atoms with van der Waals surface area (Å²) in [5, 5.41) is 6.43. The summed E-state index contributed by atoms with van der Waals surface area (Å²) in [5.74, 6) is 1.84. The zero-order chi connectivity index (χ0) is 26.3. The first-order valence-electron chi connectivity index (χ1n) is 13.5. The second-order valence-corrected chi connectivity index (χ2v) is 10.4. The smallest absolute Gasteiger partial charge is 0.232 e. The number of anilines is 4. The van der Waals surface area contributed by atoms with Crippen LogP contribution < -0.4 is 34.0 Å². The van der Waals surface area contributed by atoms with Gasteiger partial charge in [0.25, 0.3) is 0 Å². The molecule has 12 nitrogen and oxygen atoms in total. The van der Waals surface area contributed by atoms with E-state index in [0.717, 1.165) is 56.2 Å². The van der Waals surface area contributed by atoms with Gasteiger partial charge in [0.05, 0.1) is 17.1 Å². The molecule has 1 saturated heterocycles. The summed E-state index contributed by atoms with van der Waals surface area (Å²) in [7, 11) is 0. The van der Waals surface area contributed by atoms with Crippen LogP contribution in [0.4, 0.5) is 23.3 Å². The van der Waals surface area contributed by atoms with Crippen LogP contribution in [-0.2, 0) is 4.79 Å². The molecule has 1 aliphatic carbocycles. The van der Waals surface area contributed by atoms with E-state index in [4.69, 9.17) is 26.6 Å². The molecule has 14 heteroatoms. The molecule has 1 amide bonds. The molecule has 2 heterocycles. The van der Waals surface area contributed by atoms with Gasteiger partial charge in [-0.25, -0.2) is 0 Å². The van der Waals surface area contributed by atoms with Crippen molar-refractivity contribution in [2.45, 2.75) is 63.7 Å². The predicted molar refractivity (Wildman–Crippen MR) is 185 cm³/mol. The Hall–Kier alpha value is -3.39. The fourth-order valence-corrected chi connectivity index (χ4v) is 5.27. The summed E-state index contributed by atoms with van der Waals surface area (Å²) in [5.41, 5.74) is 1.71. The predicted octanol–water partition coefficient (Wildman–Crippen LogP) is 7.59. The third-order valence-electron chi connectivity index (χ3n) is 7.18. The van der Waals surface area contributed by atoms with Gasteiger partial charge in [-0.05, 0) is 68.5 Å². The number of halogens is 2. The maximum Gasteiger partial charge on any atom is 0.232 e. The molecule has 2 fully saturated rings. The van der Waals surface area contributed by atoms with Crippen LogP contribution in [0.2, 0.25) is 5.02 Å². The summed E-state index contributed by atoms with van der Waals surface area (Å²) >= 11 is 6.09. The van der Waals surface area contributed by atoms with Crippen molar-refractivity contribution >= 4 is 59.0 Å². The highest BCUT2D eigenvalue weighted by molar-refractivity contribution is 6.33. The highest BCUT2D eigenvalue weighted by atomic mass is 35.5. The molecule has 1 aromatic heterocycles. The van der Waals surface area contributed by atoms with Gasteiger partial charge in [-0.15, -0.1) is 12.4 Å². The number of nitrogens with zero attached hydrogens (tertiary/aromatic N) is 4. The van der Waals surface area contributed by atoms with Crippen molar-refractivity contribution in [2.24, 2.45) is 0 Å². The summed E-state index contributed by atoms with van der Waals surface area (Å²) in [6.45, 7) is 1.93. The number of carbonyl (C=O) groups excluding carboxylic acids is 2. The minimum absolute atomic E-state index is 0. The highest BCUT2D eigenvalue weighted by Crippen LogP contribution is 2.32. The first-order valence-corrected chi connectivity index (χ1v) is 13.9. The van der Waals surface area contributed by atoms with E-state index in [2.05, 4.69) is 15.5 Å². The molecule has 0 bridgehead atoms. The van der Waals surface area contributed by atoms with Crippen LogP contribution in [0.1, 0.15) is 85.6 Å². The monoisotopic (exact) mass is 645 g/mol. The second kappa shape index (κ2) is 19.0. The van der Waals surface area contributed by atoms with Crippen molar-refractivity contribution in [3.05, 3.63) is 64.9 Å². The first-order chi connectivity index (χ1) is 18.5. The van der Waals surface area contributed by atoms with E-state index in [1.54, 1.807) is 36.4 Å². The summed E-state index contributed by atoms with van der Waals surface area (Å²) < 4.78 is 0. The van der Waals surface area contributed by atoms with E-state index < -0.39 is 5.91 Å². The Labute approximate surface area is 270 Å². The number of nitrogens with one attached hydrogen (secondary N) is 2. The standard InChI is InChI=1S/C29H33ClN6O2.ClH.3H3N.H2O.4H2/c30-23-11-5-6-12-24(23)32-26(38)19-25(37)20-13-15-22(16-14-20)31-28-33-27(21-9-3-1-4-10-21)34-29(35-28)36-17-7-2-8-18-36;;;;;;;;;/h5-6,11-16,21H,1-4,7-10,17-19H2,(H,32,38)(H,31,33,34,35);1H;3*1H3;1H2;4*1H. The molecular weight excluding hydrogens is 593 g/mol. The third-order valence-corrected chi connectivity index (χ3v) is 7.51. The summed E-state index contributed by atoms with van der Waals surface area (Å²) in [6.07, 6.45) is 9.21. The van der Waals surface area contributed by atoms with Gasteiger partial charge in [-0.3, -0.25) is 9.59 Å². The summed E-state index contributed by atoms with van der Waals surface area (Å²) in [4.78, 5) is 41.7. The number of rotatable bonds is 8. The van der Waals surface area contributed by atoms with Gasteiger partial charge in [-0.1, -0.05) is 43.0 Å². The van der Waals surface area contributed by atoms with Gasteiger partial charge in [0, 0.05) is 36.0 Å². The van der Waals surface area contributed by atoms with E-state index in [1.807, 2.05) is 12.1 Å². The van der Waals surface area contributed by atoms with Crippen LogP contribution in [0.25, 0.3) is 0 Å². The van der Waals surface area contributed by atoms with Crippen LogP contribution in [0.15, 0.2) is 48.5 Å². The van der Waals surface area contributed by atoms with Gasteiger partial charge < -0.3 is 39.5 Å². The van der Waals surface area contributed by atoms with Gasteiger partial charge in [0.1, 0.15) is 5.82 Å². The van der Waals surface area contributed by atoms with Gasteiger partial charge >= 0.3 is 0 Å². The molecule has 43 heavy (non-hydrogen) atoms. The van der Waals surface area contributed by atoms with Crippen molar-refractivity contribution in [2.75, 3.05) is 28.6 Å². The fraction of sp³-hybridized carbons (Fsp3) is 0.414. The topological polar surface area (TPSA) is 237 Å². The minimum atomic E-state index is -0.407. The Kier molecular flexibility index (Phi) is 17.5. The quantitative estimate of drug-likeness (QED) is 0.119. The van der Waals surface area contributed by atoms with Crippen molar-refractivity contribution < 1.29 is 20.8 Å². The van der Waals surface area contributed by atoms with E-state index in [0.29, 0.717) is 28.1 Å². The van der Waals surface area contributed by atoms with E-state index in [1.165, 1.54) is 25.7 Å². The Morgan fingerprint density at radius 3 is 2.14 bits per heavy atom. The van der Waals surface area contributed by atoms with Crippen LogP contribution in [-0.4, -0.2) is 45.2 Å². The molecule has 5 rings (SSSR count). The number of para-hydroxylation sites is 1. The zero-order valence-electron chi connectivity index (χ0n) is 24.5. The Balaban J connectivity index is -0.000000653. The molecule has 13 N–H and O–H groups in total. The number of carbonyl (C=O) groups is 2. The molecule has 1 aliphatic heterocycles. The maximum atomic E-state index is 12.7. The average Bonchev–Trinajstić information content (AvgIpc) is 2.95. The SMILES string of the molecule is Cl.N.N.N.O.O=C(CC(=O)c1ccc(Nc2nc(C3CCCCC3)nc(N3CCCCC3)n2)cc1)Nc1ccccc1Cl.[HH].[HH].[HH].[HH]. The summed E-state index contributed by atoms with van der Waals surface area (Å²) in [6, 6.07) is 14.0. The first kappa shape index (κ1) is 39.6. The Bertz CT molecular complexity index is 1270. The van der Waals surface area contributed by atoms with Crippen molar-refractivity contribution in [1.29, 1.82) is 0 Å². The molecule has 0 atom stereocenters. The van der Waals surface area contributed by atoms with E-state index >= 15 is 0 Å². The normalized spacial score (nSPS) is 14.3.